The van der Waals surface area contributed by atoms with E-state index < -0.39 is 0 Å². The van der Waals surface area contributed by atoms with Gasteiger partial charge in [-0.05, 0) is 42.2 Å². The number of rotatable bonds is 6. The molecular formula is C23H26N2O2. The van der Waals surface area contributed by atoms with Gasteiger partial charge < -0.3 is 15.0 Å². The van der Waals surface area contributed by atoms with Gasteiger partial charge in [-0.15, -0.1) is 0 Å². The van der Waals surface area contributed by atoms with E-state index in [1.807, 2.05) is 6.07 Å². The number of fused-ring (bicyclic) bond motifs is 1. The SMILES string of the molecule is CC(=O)OCCc1cc(NC2CCCC2)c2[nH]c(-c3ccccc3)cc2c1. The first-order valence-electron chi connectivity index (χ1n) is 9.80. The summed E-state index contributed by atoms with van der Waals surface area (Å²) < 4.78 is 5.14. The summed E-state index contributed by atoms with van der Waals surface area (Å²) in [6.07, 6.45) is 5.78. The number of esters is 1. The van der Waals surface area contributed by atoms with Gasteiger partial charge >= 0.3 is 5.97 Å². The Morgan fingerprint density at radius 2 is 1.93 bits per heavy atom. The molecule has 1 aliphatic rings. The lowest BCUT2D eigenvalue weighted by Gasteiger charge is -2.16. The molecule has 27 heavy (non-hydrogen) atoms. The third-order valence-corrected chi connectivity index (χ3v) is 5.28. The number of hydrogen-bond acceptors (Lipinski definition) is 3. The maximum absolute atomic E-state index is 11.1. The van der Waals surface area contributed by atoms with E-state index in [9.17, 15) is 4.79 Å². The van der Waals surface area contributed by atoms with Crippen LogP contribution in [0.2, 0.25) is 0 Å². The second-order valence-corrected chi connectivity index (χ2v) is 7.37. The second-order valence-electron chi connectivity index (χ2n) is 7.37. The number of nitrogens with one attached hydrogen (secondary N) is 2. The van der Waals surface area contributed by atoms with Crippen molar-refractivity contribution in [1.29, 1.82) is 0 Å². The lowest BCUT2D eigenvalue weighted by atomic mass is 10.1. The van der Waals surface area contributed by atoms with Crippen molar-refractivity contribution in [2.45, 2.75) is 45.1 Å². The maximum atomic E-state index is 11.1. The summed E-state index contributed by atoms with van der Waals surface area (Å²) in [6.45, 7) is 1.87. The molecule has 4 nitrogen and oxygen atoms in total. The number of aromatic nitrogens is 1. The number of anilines is 1. The molecule has 1 aliphatic carbocycles. The van der Waals surface area contributed by atoms with Crippen LogP contribution in [0.25, 0.3) is 22.2 Å². The Balaban J connectivity index is 1.68. The molecule has 0 amide bonds. The Morgan fingerprint density at radius 1 is 1.15 bits per heavy atom. The summed E-state index contributed by atoms with van der Waals surface area (Å²) >= 11 is 0. The first kappa shape index (κ1) is 17.7. The number of ether oxygens (including phenoxy) is 1. The number of H-pyrrole nitrogens is 1. The fourth-order valence-corrected chi connectivity index (χ4v) is 3.94. The number of carbonyl (C=O) groups is 1. The molecule has 0 saturated heterocycles. The number of benzene rings is 2. The van der Waals surface area contributed by atoms with Gasteiger partial charge in [0, 0.05) is 30.5 Å². The van der Waals surface area contributed by atoms with E-state index in [1.54, 1.807) is 0 Å². The van der Waals surface area contributed by atoms with Crippen LogP contribution in [0.5, 0.6) is 0 Å². The Morgan fingerprint density at radius 3 is 2.67 bits per heavy atom. The van der Waals surface area contributed by atoms with Crippen LogP contribution in [-0.4, -0.2) is 23.6 Å². The quantitative estimate of drug-likeness (QED) is 0.585. The normalized spacial score (nSPS) is 14.6. The third kappa shape index (κ3) is 4.16. The van der Waals surface area contributed by atoms with Gasteiger partial charge in [-0.25, -0.2) is 0 Å². The van der Waals surface area contributed by atoms with E-state index in [4.69, 9.17) is 4.74 Å². The zero-order chi connectivity index (χ0) is 18.6. The van der Waals surface area contributed by atoms with Crippen LogP contribution < -0.4 is 5.32 Å². The lowest BCUT2D eigenvalue weighted by Crippen LogP contribution is -2.15. The summed E-state index contributed by atoms with van der Waals surface area (Å²) in [5.74, 6) is -0.228. The number of hydrogen-bond donors (Lipinski definition) is 2. The highest BCUT2D eigenvalue weighted by atomic mass is 16.5. The molecule has 140 valence electrons. The molecule has 1 saturated carbocycles. The Labute approximate surface area is 159 Å². The van der Waals surface area contributed by atoms with Crippen LogP contribution in [-0.2, 0) is 16.0 Å². The number of aromatic amines is 1. The molecule has 0 atom stereocenters. The first-order valence-corrected chi connectivity index (χ1v) is 9.80. The van der Waals surface area contributed by atoms with Gasteiger partial charge in [-0.3, -0.25) is 4.79 Å². The molecule has 3 aromatic rings. The van der Waals surface area contributed by atoms with Crippen LogP contribution in [0, 0.1) is 0 Å². The van der Waals surface area contributed by atoms with E-state index in [0.717, 1.165) is 23.3 Å². The molecule has 4 rings (SSSR count). The highest BCUT2D eigenvalue weighted by Crippen LogP contribution is 2.32. The smallest absolute Gasteiger partial charge is 0.302 e. The highest BCUT2D eigenvalue weighted by molar-refractivity contribution is 5.95. The average molecular weight is 362 g/mol. The zero-order valence-electron chi connectivity index (χ0n) is 15.8. The molecule has 0 spiro atoms. The average Bonchev–Trinajstić information content (AvgIpc) is 3.32. The van der Waals surface area contributed by atoms with Crippen LogP contribution in [0.1, 0.15) is 38.2 Å². The molecule has 2 N–H and O–H groups in total. The van der Waals surface area contributed by atoms with Crippen molar-refractivity contribution < 1.29 is 9.53 Å². The van der Waals surface area contributed by atoms with Gasteiger partial charge in [0.15, 0.2) is 0 Å². The van der Waals surface area contributed by atoms with Crippen molar-refractivity contribution in [3.05, 3.63) is 54.1 Å². The van der Waals surface area contributed by atoms with Gasteiger partial charge in [-0.1, -0.05) is 43.2 Å². The molecule has 4 heteroatoms. The summed E-state index contributed by atoms with van der Waals surface area (Å²) in [6, 6.07) is 17.5. The fourth-order valence-electron chi connectivity index (χ4n) is 3.94. The van der Waals surface area contributed by atoms with Crippen molar-refractivity contribution in [2.24, 2.45) is 0 Å². The molecule has 0 radical (unpaired) electrons. The van der Waals surface area contributed by atoms with Gasteiger partial charge in [0.1, 0.15) is 0 Å². The van der Waals surface area contributed by atoms with Crippen molar-refractivity contribution in [3.8, 4) is 11.3 Å². The summed E-state index contributed by atoms with van der Waals surface area (Å²) in [7, 11) is 0. The van der Waals surface area contributed by atoms with E-state index >= 15 is 0 Å². The van der Waals surface area contributed by atoms with E-state index in [0.29, 0.717) is 12.6 Å². The minimum Gasteiger partial charge on any atom is -0.466 e. The zero-order valence-corrected chi connectivity index (χ0v) is 15.8. The van der Waals surface area contributed by atoms with Gasteiger partial charge in [0.2, 0.25) is 0 Å². The molecule has 1 fully saturated rings. The highest BCUT2D eigenvalue weighted by Gasteiger charge is 2.17. The Bertz CT molecular complexity index is 924. The molecule has 0 unspecified atom stereocenters. The topological polar surface area (TPSA) is 54.1 Å². The first-order chi connectivity index (χ1) is 13.2. The van der Waals surface area contributed by atoms with E-state index in [-0.39, 0.29) is 5.97 Å². The summed E-state index contributed by atoms with van der Waals surface area (Å²) in [5, 5.41) is 4.94. The van der Waals surface area contributed by atoms with Crippen LogP contribution >= 0.6 is 0 Å². The van der Waals surface area contributed by atoms with Gasteiger partial charge in [0.05, 0.1) is 17.8 Å². The minimum atomic E-state index is -0.228. The molecule has 2 aromatic carbocycles. The predicted octanol–water partition coefficient (Wildman–Crippen LogP) is 5.30. The van der Waals surface area contributed by atoms with E-state index in [1.165, 1.54) is 49.1 Å². The monoisotopic (exact) mass is 362 g/mol. The van der Waals surface area contributed by atoms with Crippen molar-refractivity contribution in [2.75, 3.05) is 11.9 Å². The lowest BCUT2D eigenvalue weighted by molar-refractivity contribution is -0.140. The molecular weight excluding hydrogens is 336 g/mol. The third-order valence-electron chi connectivity index (χ3n) is 5.28. The van der Waals surface area contributed by atoms with E-state index in [2.05, 4.69) is 52.8 Å². The molecule has 0 aliphatic heterocycles. The Hall–Kier alpha value is -2.75. The molecule has 0 bridgehead atoms. The van der Waals surface area contributed by atoms with Crippen molar-refractivity contribution >= 4 is 22.6 Å². The van der Waals surface area contributed by atoms with Crippen molar-refractivity contribution in [3.63, 3.8) is 0 Å². The van der Waals surface area contributed by atoms with Crippen LogP contribution in [0.3, 0.4) is 0 Å². The molecule has 1 heterocycles. The van der Waals surface area contributed by atoms with Crippen LogP contribution in [0.15, 0.2) is 48.5 Å². The standard InChI is InChI=1S/C23H26N2O2/c1-16(26)27-12-11-17-13-19-15-21(18-7-3-2-4-8-18)25-23(19)22(14-17)24-20-9-5-6-10-20/h2-4,7-8,13-15,20,24-25H,5-6,9-12H2,1H3. The fraction of sp³-hybridized carbons (Fsp3) is 0.348. The van der Waals surface area contributed by atoms with Gasteiger partial charge in [-0.2, -0.15) is 0 Å². The van der Waals surface area contributed by atoms with Crippen LogP contribution in [0.4, 0.5) is 5.69 Å². The van der Waals surface area contributed by atoms with Gasteiger partial charge in [0.25, 0.3) is 0 Å². The summed E-state index contributed by atoms with van der Waals surface area (Å²) in [5.41, 5.74) is 5.79. The Kier molecular flexibility index (Phi) is 5.14. The predicted molar refractivity (Wildman–Crippen MR) is 110 cm³/mol. The molecule has 1 aromatic heterocycles. The second kappa shape index (κ2) is 7.87. The maximum Gasteiger partial charge on any atom is 0.302 e. The number of carbonyl (C=O) groups excluding carboxylic acids is 1. The summed E-state index contributed by atoms with van der Waals surface area (Å²) in [4.78, 5) is 14.7. The largest absolute Gasteiger partial charge is 0.466 e. The van der Waals surface area contributed by atoms with Crippen molar-refractivity contribution in [1.82, 2.24) is 4.98 Å². The minimum absolute atomic E-state index is 0.228.